The summed E-state index contributed by atoms with van der Waals surface area (Å²) >= 11 is 6.39. The van der Waals surface area contributed by atoms with Crippen molar-refractivity contribution in [2.45, 2.75) is 58.4 Å². The van der Waals surface area contributed by atoms with Crippen LogP contribution in [-0.4, -0.2) is 15.8 Å². The molecule has 0 amide bonds. The second kappa shape index (κ2) is 5.22. The highest BCUT2D eigenvalue weighted by Crippen LogP contribution is 2.41. The van der Waals surface area contributed by atoms with Gasteiger partial charge in [-0.3, -0.25) is 4.68 Å². The van der Waals surface area contributed by atoms with Gasteiger partial charge in [0, 0.05) is 19.5 Å². The molecule has 1 saturated carbocycles. The van der Waals surface area contributed by atoms with Crippen molar-refractivity contribution in [3.63, 3.8) is 0 Å². The van der Waals surface area contributed by atoms with Crippen molar-refractivity contribution in [3.8, 4) is 0 Å². The lowest BCUT2D eigenvalue weighted by atomic mass is 9.79. The van der Waals surface area contributed by atoms with E-state index in [0.29, 0.717) is 0 Å². The molecular formula is C14H24ClN3. The van der Waals surface area contributed by atoms with Crippen LogP contribution in [0.5, 0.6) is 0 Å². The molecule has 1 fully saturated rings. The molecule has 1 unspecified atom stereocenters. The summed E-state index contributed by atoms with van der Waals surface area (Å²) in [5.41, 5.74) is 8.79. The van der Waals surface area contributed by atoms with Gasteiger partial charge < -0.3 is 5.73 Å². The van der Waals surface area contributed by atoms with Gasteiger partial charge in [0.15, 0.2) is 0 Å². The fourth-order valence-corrected chi connectivity index (χ4v) is 3.42. The Balaban J connectivity index is 2.16. The van der Waals surface area contributed by atoms with Crippen molar-refractivity contribution in [2.75, 3.05) is 0 Å². The number of aromatic nitrogens is 2. The van der Waals surface area contributed by atoms with Crippen molar-refractivity contribution in [1.29, 1.82) is 0 Å². The monoisotopic (exact) mass is 269 g/mol. The third kappa shape index (κ3) is 2.43. The average molecular weight is 270 g/mol. The molecule has 0 bridgehead atoms. The average Bonchev–Trinajstić information content (AvgIpc) is 2.89. The minimum Gasteiger partial charge on any atom is -0.327 e. The van der Waals surface area contributed by atoms with E-state index in [1.807, 2.05) is 11.7 Å². The molecular weight excluding hydrogens is 246 g/mol. The van der Waals surface area contributed by atoms with Crippen molar-refractivity contribution < 1.29 is 0 Å². The van der Waals surface area contributed by atoms with Crippen molar-refractivity contribution in [1.82, 2.24) is 9.78 Å². The highest BCUT2D eigenvalue weighted by atomic mass is 35.5. The third-order valence-electron chi connectivity index (χ3n) is 4.56. The second-order valence-corrected chi connectivity index (χ2v) is 6.23. The van der Waals surface area contributed by atoms with Crippen LogP contribution in [0.3, 0.4) is 0 Å². The molecule has 2 N–H and O–H groups in total. The summed E-state index contributed by atoms with van der Waals surface area (Å²) in [5.74, 6) is 0. The zero-order valence-corrected chi connectivity index (χ0v) is 12.4. The van der Waals surface area contributed by atoms with Crippen LogP contribution in [0.25, 0.3) is 0 Å². The lowest BCUT2D eigenvalue weighted by molar-refractivity contribution is 0.257. The molecule has 1 atom stereocenters. The van der Waals surface area contributed by atoms with Crippen molar-refractivity contribution >= 4 is 11.6 Å². The predicted octanol–water partition coefficient (Wildman–Crippen LogP) is 3.09. The first kappa shape index (κ1) is 13.9. The van der Waals surface area contributed by atoms with Crippen LogP contribution >= 0.6 is 11.6 Å². The Hall–Kier alpha value is -0.540. The number of rotatable bonds is 4. The highest BCUT2D eigenvalue weighted by molar-refractivity contribution is 6.31. The minimum atomic E-state index is 0.178. The van der Waals surface area contributed by atoms with E-state index < -0.39 is 0 Å². The number of hydrogen-bond acceptors (Lipinski definition) is 2. The SMILES string of the molecule is CCc1nn(C)c(CC(N)C2(C)CCCC2)c1Cl. The summed E-state index contributed by atoms with van der Waals surface area (Å²) in [7, 11) is 1.96. The summed E-state index contributed by atoms with van der Waals surface area (Å²) in [5, 5.41) is 5.28. The molecule has 102 valence electrons. The van der Waals surface area contributed by atoms with Crippen LogP contribution in [0.4, 0.5) is 0 Å². The number of aryl methyl sites for hydroxylation is 2. The maximum absolute atomic E-state index is 6.43. The van der Waals surface area contributed by atoms with Crippen LogP contribution in [-0.2, 0) is 19.9 Å². The summed E-state index contributed by atoms with van der Waals surface area (Å²) in [6.45, 7) is 4.39. The van der Waals surface area contributed by atoms with Crippen LogP contribution in [0, 0.1) is 5.41 Å². The largest absolute Gasteiger partial charge is 0.327 e. The lowest BCUT2D eigenvalue weighted by Gasteiger charge is -2.31. The Morgan fingerprint density at radius 2 is 2.06 bits per heavy atom. The van der Waals surface area contributed by atoms with E-state index in [9.17, 15) is 0 Å². The van der Waals surface area contributed by atoms with E-state index >= 15 is 0 Å². The fraction of sp³-hybridized carbons (Fsp3) is 0.786. The molecule has 4 heteroatoms. The van der Waals surface area contributed by atoms with Gasteiger partial charge >= 0.3 is 0 Å². The van der Waals surface area contributed by atoms with E-state index in [2.05, 4.69) is 18.9 Å². The molecule has 18 heavy (non-hydrogen) atoms. The second-order valence-electron chi connectivity index (χ2n) is 5.86. The smallest absolute Gasteiger partial charge is 0.0850 e. The minimum absolute atomic E-state index is 0.178. The number of nitrogens with zero attached hydrogens (tertiary/aromatic N) is 2. The van der Waals surface area contributed by atoms with Gasteiger partial charge in [-0.15, -0.1) is 0 Å². The number of halogens is 1. The molecule has 3 nitrogen and oxygen atoms in total. The van der Waals surface area contributed by atoms with Crippen molar-refractivity contribution in [2.24, 2.45) is 18.2 Å². The summed E-state index contributed by atoms with van der Waals surface area (Å²) < 4.78 is 1.90. The van der Waals surface area contributed by atoms with Crippen LogP contribution in [0.2, 0.25) is 5.02 Å². The van der Waals surface area contributed by atoms with Crippen LogP contribution < -0.4 is 5.73 Å². The Kier molecular flexibility index (Phi) is 4.02. The van der Waals surface area contributed by atoms with Gasteiger partial charge in [0.25, 0.3) is 0 Å². The van der Waals surface area contributed by atoms with Gasteiger partial charge in [-0.05, 0) is 24.7 Å². The van der Waals surface area contributed by atoms with E-state index in [-0.39, 0.29) is 11.5 Å². The summed E-state index contributed by atoms with van der Waals surface area (Å²) in [4.78, 5) is 0. The van der Waals surface area contributed by atoms with Gasteiger partial charge in [-0.2, -0.15) is 5.10 Å². The first-order valence-corrected chi connectivity index (χ1v) is 7.31. The molecule has 1 aromatic heterocycles. The normalized spacial score (nSPS) is 20.3. The van der Waals surface area contributed by atoms with Gasteiger partial charge in [0.2, 0.25) is 0 Å². The quantitative estimate of drug-likeness (QED) is 0.913. The molecule has 2 rings (SSSR count). The Labute approximate surface area is 115 Å². The molecule has 1 aliphatic rings. The molecule has 0 aliphatic heterocycles. The van der Waals surface area contributed by atoms with Gasteiger partial charge in [-0.25, -0.2) is 0 Å². The van der Waals surface area contributed by atoms with Gasteiger partial charge in [-0.1, -0.05) is 38.3 Å². The molecule has 1 aromatic rings. The summed E-state index contributed by atoms with van der Waals surface area (Å²) in [6.07, 6.45) is 6.81. The van der Waals surface area contributed by atoms with E-state index in [4.69, 9.17) is 17.3 Å². The molecule has 1 heterocycles. The van der Waals surface area contributed by atoms with E-state index in [1.54, 1.807) is 0 Å². The zero-order valence-electron chi connectivity index (χ0n) is 11.7. The topological polar surface area (TPSA) is 43.8 Å². The lowest BCUT2D eigenvalue weighted by Crippen LogP contribution is -2.39. The molecule has 1 aliphatic carbocycles. The zero-order chi connectivity index (χ0) is 13.3. The van der Waals surface area contributed by atoms with Crippen LogP contribution in [0.15, 0.2) is 0 Å². The molecule has 0 aromatic carbocycles. The highest BCUT2D eigenvalue weighted by Gasteiger charge is 2.35. The van der Waals surface area contributed by atoms with E-state index in [1.165, 1.54) is 25.7 Å². The maximum atomic E-state index is 6.43. The maximum Gasteiger partial charge on any atom is 0.0850 e. The number of nitrogens with two attached hydrogens (primary N) is 1. The van der Waals surface area contributed by atoms with E-state index in [0.717, 1.165) is 29.3 Å². The Morgan fingerprint density at radius 1 is 1.44 bits per heavy atom. The Morgan fingerprint density at radius 3 is 2.56 bits per heavy atom. The molecule has 0 saturated heterocycles. The van der Waals surface area contributed by atoms with Crippen LogP contribution in [0.1, 0.15) is 50.9 Å². The Bertz CT molecular complexity index is 419. The van der Waals surface area contributed by atoms with Crippen molar-refractivity contribution in [3.05, 3.63) is 16.4 Å². The first-order chi connectivity index (χ1) is 8.48. The molecule has 0 radical (unpaired) electrons. The fourth-order valence-electron chi connectivity index (χ4n) is 3.05. The first-order valence-electron chi connectivity index (χ1n) is 6.93. The summed E-state index contributed by atoms with van der Waals surface area (Å²) in [6, 6.07) is 0.178. The number of hydrogen-bond donors (Lipinski definition) is 1. The van der Waals surface area contributed by atoms with Gasteiger partial charge in [0.05, 0.1) is 16.4 Å². The molecule has 0 spiro atoms. The third-order valence-corrected chi connectivity index (χ3v) is 4.99. The predicted molar refractivity (Wildman–Crippen MR) is 75.9 cm³/mol. The van der Waals surface area contributed by atoms with Gasteiger partial charge in [0.1, 0.15) is 0 Å². The standard InChI is InChI=1S/C14H24ClN3/c1-4-10-13(15)11(18(3)17-10)9-12(16)14(2)7-5-6-8-14/h12H,4-9,16H2,1-3H3.